The van der Waals surface area contributed by atoms with Crippen LogP contribution in [0.15, 0.2) is 54.6 Å². The first-order chi connectivity index (χ1) is 9.78. The summed E-state index contributed by atoms with van der Waals surface area (Å²) < 4.78 is 0. The second-order valence-electron chi connectivity index (χ2n) is 5.20. The van der Waals surface area contributed by atoms with Crippen LogP contribution in [0.2, 0.25) is 0 Å². The highest BCUT2D eigenvalue weighted by Crippen LogP contribution is 2.10. The minimum Gasteiger partial charge on any atom is -0.399 e. The summed E-state index contributed by atoms with van der Waals surface area (Å²) in [6.45, 7) is 5.40. The Kier molecular flexibility index (Phi) is 5.63. The molecule has 2 N–H and O–H groups in total. The van der Waals surface area contributed by atoms with Crippen molar-refractivity contribution >= 4 is 5.69 Å². The van der Waals surface area contributed by atoms with Crippen molar-refractivity contribution in [3.63, 3.8) is 0 Å². The van der Waals surface area contributed by atoms with Crippen LogP contribution in [0.5, 0.6) is 0 Å². The molecule has 20 heavy (non-hydrogen) atoms. The van der Waals surface area contributed by atoms with Crippen LogP contribution in [0.25, 0.3) is 0 Å². The van der Waals surface area contributed by atoms with Gasteiger partial charge in [0.1, 0.15) is 0 Å². The SMILES string of the molecule is CCN(CCCc1ccccc1)Cc1cccc(N)c1. The lowest BCUT2D eigenvalue weighted by Gasteiger charge is -2.20. The van der Waals surface area contributed by atoms with Gasteiger partial charge in [-0.15, -0.1) is 0 Å². The highest BCUT2D eigenvalue weighted by Gasteiger charge is 2.04. The van der Waals surface area contributed by atoms with Crippen LogP contribution in [-0.2, 0) is 13.0 Å². The van der Waals surface area contributed by atoms with Crippen molar-refractivity contribution in [2.24, 2.45) is 0 Å². The Morgan fingerprint density at radius 2 is 1.70 bits per heavy atom. The van der Waals surface area contributed by atoms with Crippen molar-refractivity contribution < 1.29 is 0 Å². The molecule has 2 aromatic rings. The maximum atomic E-state index is 5.83. The number of anilines is 1. The van der Waals surface area contributed by atoms with E-state index in [4.69, 9.17) is 5.73 Å². The highest BCUT2D eigenvalue weighted by atomic mass is 15.1. The van der Waals surface area contributed by atoms with E-state index in [0.717, 1.165) is 31.7 Å². The van der Waals surface area contributed by atoms with Crippen LogP contribution >= 0.6 is 0 Å². The quantitative estimate of drug-likeness (QED) is 0.775. The molecule has 2 rings (SSSR count). The molecule has 0 saturated heterocycles. The van der Waals surface area contributed by atoms with Gasteiger partial charge in [-0.05, 0) is 49.2 Å². The van der Waals surface area contributed by atoms with Crippen LogP contribution in [-0.4, -0.2) is 18.0 Å². The number of hydrogen-bond acceptors (Lipinski definition) is 2. The summed E-state index contributed by atoms with van der Waals surface area (Å²) in [5.74, 6) is 0. The molecule has 2 nitrogen and oxygen atoms in total. The van der Waals surface area contributed by atoms with Crippen molar-refractivity contribution in [3.8, 4) is 0 Å². The highest BCUT2D eigenvalue weighted by molar-refractivity contribution is 5.40. The van der Waals surface area contributed by atoms with E-state index in [2.05, 4.69) is 54.3 Å². The first-order valence-corrected chi connectivity index (χ1v) is 7.38. The van der Waals surface area contributed by atoms with Crippen LogP contribution in [0.3, 0.4) is 0 Å². The third-order valence-corrected chi connectivity index (χ3v) is 3.59. The predicted molar refractivity (Wildman–Crippen MR) is 86.6 cm³/mol. The lowest BCUT2D eigenvalue weighted by atomic mass is 10.1. The fourth-order valence-corrected chi connectivity index (χ4v) is 2.45. The van der Waals surface area contributed by atoms with Gasteiger partial charge >= 0.3 is 0 Å². The third-order valence-electron chi connectivity index (χ3n) is 3.59. The smallest absolute Gasteiger partial charge is 0.0317 e. The van der Waals surface area contributed by atoms with Gasteiger partial charge in [0.05, 0.1) is 0 Å². The monoisotopic (exact) mass is 268 g/mol. The summed E-state index contributed by atoms with van der Waals surface area (Å²) in [4.78, 5) is 2.47. The zero-order valence-electron chi connectivity index (χ0n) is 12.3. The van der Waals surface area contributed by atoms with Gasteiger partial charge in [-0.2, -0.15) is 0 Å². The number of aryl methyl sites for hydroxylation is 1. The van der Waals surface area contributed by atoms with Crippen LogP contribution < -0.4 is 5.73 Å². The minimum atomic E-state index is 0.850. The molecule has 0 saturated carbocycles. The number of rotatable bonds is 7. The second-order valence-corrected chi connectivity index (χ2v) is 5.20. The molecule has 2 aromatic carbocycles. The fourth-order valence-electron chi connectivity index (χ4n) is 2.45. The second kappa shape index (κ2) is 7.71. The molecule has 0 atom stereocenters. The Balaban J connectivity index is 1.80. The Morgan fingerprint density at radius 1 is 0.950 bits per heavy atom. The molecule has 0 aliphatic heterocycles. The summed E-state index contributed by atoms with van der Waals surface area (Å²) in [5, 5.41) is 0. The number of nitrogens with two attached hydrogens (primary N) is 1. The maximum absolute atomic E-state index is 5.83. The van der Waals surface area contributed by atoms with E-state index in [9.17, 15) is 0 Å². The lowest BCUT2D eigenvalue weighted by Crippen LogP contribution is -2.24. The van der Waals surface area contributed by atoms with E-state index in [1.807, 2.05) is 12.1 Å². The van der Waals surface area contributed by atoms with Crippen molar-refractivity contribution in [3.05, 3.63) is 65.7 Å². The van der Waals surface area contributed by atoms with Crippen LogP contribution in [0.1, 0.15) is 24.5 Å². The number of benzene rings is 2. The van der Waals surface area contributed by atoms with E-state index in [1.54, 1.807) is 0 Å². The number of nitrogens with zero attached hydrogens (tertiary/aromatic N) is 1. The van der Waals surface area contributed by atoms with Gasteiger partial charge in [0.2, 0.25) is 0 Å². The van der Waals surface area contributed by atoms with Gasteiger partial charge < -0.3 is 5.73 Å². The van der Waals surface area contributed by atoms with Gasteiger partial charge in [-0.25, -0.2) is 0 Å². The standard InChI is InChI=1S/C18H24N2/c1-2-20(15-17-10-6-12-18(19)14-17)13-7-11-16-8-4-3-5-9-16/h3-6,8-10,12,14H,2,7,11,13,15,19H2,1H3. The summed E-state index contributed by atoms with van der Waals surface area (Å²) in [6, 6.07) is 18.9. The molecule has 0 aliphatic carbocycles. The first-order valence-electron chi connectivity index (χ1n) is 7.38. The van der Waals surface area contributed by atoms with E-state index in [-0.39, 0.29) is 0 Å². The van der Waals surface area contributed by atoms with Gasteiger partial charge in [0, 0.05) is 12.2 Å². The molecule has 0 bridgehead atoms. The van der Waals surface area contributed by atoms with E-state index in [1.165, 1.54) is 17.5 Å². The van der Waals surface area contributed by atoms with E-state index < -0.39 is 0 Å². The predicted octanol–water partition coefficient (Wildman–Crippen LogP) is 3.72. The molecule has 0 aromatic heterocycles. The van der Waals surface area contributed by atoms with Gasteiger partial charge in [-0.1, -0.05) is 49.4 Å². The minimum absolute atomic E-state index is 0.850. The van der Waals surface area contributed by atoms with E-state index >= 15 is 0 Å². The first kappa shape index (κ1) is 14.6. The largest absolute Gasteiger partial charge is 0.399 e. The fraction of sp³-hybridized carbons (Fsp3) is 0.333. The summed E-state index contributed by atoms with van der Waals surface area (Å²) >= 11 is 0. The van der Waals surface area contributed by atoms with Crippen molar-refractivity contribution in [2.75, 3.05) is 18.8 Å². The summed E-state index contributed by atoms with van der Waals surface area (Å²) in [5.41, 5.74) is 9.40. The molecule has 0 aliphatic rings. The zero-order valence-corrected chi connectivity index (χ0v) is 12.3. The summed E-state index contributed by atoms with van der Waals surface area (Å²) in [6.07, 6.45) is 2.34. The van der Waals surface area contributed by atoms with Crippen molar-refractivity contribution in [1.29, 1.82) is 0 Å². The molecule has 0 amide bonds. The molecular formula is C18H24N2. The van der Waals surface area contributed by atoms with Crippen LogP contribution in [0.4, 0.5) is 5.69 Å². The Morgan fingerprint density at radius 3 is 2.40 bits per heavy atom. The zero-order chi connectivity index (χ0) is 14.2. The average molecular weight is 268 g/mol. The Bertz CT molecular complexity index is 508. The lowest BCUT2D eigenvalue weighted by molar-refractivity contribution is 0.276. The Labute approximate surface area is 122 Å². The summed E-state index contributed by atoms with van der Waals surface area (Å²) in [7, 11) is 0. The van der Waals surface area contributed by atoms with Gasteiger partial charge in [0.15, 0.2) is 0 Å². The van der Waals surface area contributed by atoms with Crippen molar-refractivity contribution in [1.82, 2.24) is 4.90 Å². The third kappa shape index (κ3) is 4.71. The molecule has 106 valence electrons. The van der Waals surface area contributed by atoms with Crippen LogP contribution in [0, 0.1) is 0 Å². The molecular weight excluding hydrogens is 244 g/mol. The van der Waals surface area contributed by atoms with Crippen molar-refractivity contribution in [2.45, 2.75) is 26.3 Å². The molecule has 0 unspecified atom stereocenters. The molecule has 0 radical (unpaired) electrons. The average Bonchev–Trinajstić information content (AvgIpc) is 2.47. The normalized spacial score (nSPS) is 10.9. The van der Waals surface area contributed by atoms with Gasteiger partial charge in [0.25, 0.3) is 0 Å². The molecule has 2 heteroatoms. The van der Waals surface area contributed by atoms with Gasteiger partial charge in [-0.3, -0.25) is 4.90 Å². The maximum Gasteiger partial charge on any atom is 0.0317 e. The molecule has 0 spiro atoms. The molecule has 0 fully saturated rings. The number of hydrogen-bond donors (Lipinski definition) is 1. The molecule has 0 heterocycles. The number of nitrogen functional groups attached to an aromatic ring is 1. The van der Waals surface area contributed by atoms with E-state index in [0.29, 0.717) is 0 Å². The Hall–Kier alpha value is -1.80. The topological polar surface area (TPSA) is 29.3 Å².